The highest BCUT2D eigenvalue weighted by Crippen LogP contribution is 2.15. The Bertz CT molecular complexity index is 765. The Labute approximate surface area is 162 Å². The molecule has 0 bridgehead atoms. The molecule has 2 aromatic carbocycles. The van der Waals surface area contributed by atoms with E-state index in [-0.39, 0.29) is 5.91 Å². The summed E-state index contributed by atoms with van der Waals surface area (Å²) in [5.41, 5.74) is 2.35. The summed E-state index contributed by atoms with van der Waals surface area (Å²) in [4.78, 5) is 16.9. The second-order valence-corrected chi connectivity index (χ2v) is 7.02. The maximum Gasteiger partial charge on any atom is 0.263 e. The Morgan fingerprint density at radius 3 is 2.52 bits per heavy atom. The predicted molar refractivity (Wildman–Crippen MR) is 110 cm³/mol. The zero-order valence-corrected chi connectivity index (χ0v) is 16.2. The number of carbonyl (C=O) groups is 1. The highest BCUT2D eigenvalue weighted by atomic mass is 16.5. The first-order chi connectivity index (χ1) is 13.1. The van der Waals surface area contributed by atoms with Gasteiger partial charge in [0.25, 0.3) is 5.91 Å². The highest BCUT2D eigenvalue weighted by molar-refractivity contribution is 5.81. The van der Waals surface area contributed by atoms with Gasteiger partial charge in [-0.1, -0.05) is 54.6 Å². The minimum Gasteiger partial charge on any atom is -0.481 e. The van der Waals surface area contributed by atoms with Gasteiger partial charge in [-0.05, 0) is 37.1 Å². The molecular weight excluding hydrogens is 336 g/mol. The van der Waals surface area contributed by atoms with Gasteiger partial charge in [0.2, 0.25) is 0 Å². The van der Waals surface area contributed by atoms with Crippen LogP contribution in [0.25, 0.3) is 6.08 Å². The summed E-state index contributed by atoms with van der Waals surface area (Å²) >= 11 is 0. The first-order valence-corrected chi connectivity index (χ1v) is 9.58. The minimum absolute atomic E-state index is 0.0657. The quantitative estimate of drug-likeness (QED) is 0.785. The summed E-state index contributed by atoms with van der Waals surface area (Å²) in [6.07, 6.45) is 3.88. The summed E-state index contributed by atoms with van der Waals surface area (Å²) in [6.45, 7) is 8.04. The Hall–Kier alpha value is -2.59. The number of amides is 1. The molecule has 27 heavy (non-hydrogen) atoms. The Balaban J connectivity index is 1.44. The lowest BCUT2D eigenvalue weighted by Gasteiger charge is -2.35. The van der Waals surface area contributed by atoms with Crippen molar-refractivity contribution in [3.63, 3.8) is 0 Å². The molecular formula is C23H28N2O2. The second-order valence-electron chi connectivity index (χ2n) is 7.02. The maximum atomic E-state index is 12.7. The minimum atomic E-state index is -0.462. The molecule has 0 spiro atoms. The number of piperazine rings is 1. The van der Waals surface area contributed by atoms with Gasteiger partial charge in [0.1, 0.15) is 5.75 Å². The van der Waals surface area contributed by atoms with Crippen molar-refractivity contribution in [2.24, 2.45) is 0 Å². The van der Waals surface area contributed by atoms with Gasteiger partial charge in [0, 0.05) is 32.7 Å². The highest BCUT2D eigenvalue weighted by Gasteiger charge is 2.25. The van der Waals surface area contributed by atoms with Gasteiger partial charge in [-0.2, -0.15) is 0 Å². The average molecular weight is 364 g/mol. The number of nitrogens with zero attached hydrogens (tertiary/aromatic N) is 2. The van der Waals surface area contributed by atoms with Gasteiger partial charge in [0.05, 0.1) is 0 Å². The Morgan fingerprint density at radius 2 is 1.81 bits per heavy atom. The van der Waals surface area contributed by atoms with Crippen molar-refractivity contribution < 1.29 is 9.53 Å². The van der Waals surface area contributed by atoms with Gasteiger partial charge >= 0.3 is 0 Å². The van der Waals surface area contributed by atoms with Crippen LogP contribution in [-0.4, -0.2) is 54.5 Å². The van der Waals surface area contributed by atoms with Gasteiger partial charge in [-0.25, -0.2) is 0 Å². The third-order valence-electron chi connectivity index (χ3n) is 4.81. The molecule has 4 heteroatoms. The fourth-order valence-electron chi connectivity index (χ4n) is 3.25. The molecule has 0 radical (unpaired) electrons. The van der Waals surface area contributed by atoms with E-state index < -0.39 is 6.10 Å². The first-order valence-electron chi connectivity index (χ1n) is 9.58. The summed E-state index contributed by atoms with van der Waals surface area (Å²) in [7, 11) is 0. The van der Waals surface area contributed by atoms with E-state index in [1.165, 1.54) is 5.56 Å². The van der Waals surface area contributed by atoms with E-state index in [1.807, 2.05) is 61.2 Å². The molecule has 4 nitrogen and oxygen atoms in total. The van der Waals surface area contributed by atoms with Crippen LogP contribution in [0.2, 0.25) is 0 Å². The van der Waals surface area contributed by atoms with Crippen LogP contribution in [0.4, 0.5) is 0 Å². The Morgan fingerprint density at radius 1 is 1.07 bits per heavy atom. The summed E-state index contributed by atoms with van der Waals surface area (Å²) in [6, 6.07) is 18.1. The molecule has 2 aromatic rings. The van der Waals surface area contributed by atoms with Crippen LogP contribution in [0.5, 0.6) is 5.75 Å². The van der Waals surface area contributed by atoms with E-state index in [1.54, 1.807) is 0 Å². The smallest absolute Gasteiger partial charge is 0.263 e. The maximum absolute atomic E-state index is 12.7. The van der Waals surface area contributed by atoms with E-state index >= 15 is 0 Å². The van der Waals surface area contributed by atoms with Crippen LogP contribution in [0.3, 0.4) is 0 Å². The molecule has 142 valence electrons. The van der Waals surface area contributed by atoms with Crippen molar-refractivity contribution in [1.29, 1.82) is 0 Å². The third kappa shape index (κ3) is 5.69. The van der Waals surface area contributed by atoms with Gasteiger partial charge < -0.3 is 9.64 Å². The van der Waals surface area contributed by atoms with E-state index in [2.05, 4.69) is 29.2 Å². The molecule has 0 aromatic heterocycles. The molecule has 1 unspecified atom stereocenters. The summed E-state index contributed by atoms with van der Waals surface area (Å²) in [5.74, 6) is 0.816. The fraction of sp³-hybridized carbons (Fsp3) is 0.348. The van der Waals surface area contributed by atoms with Crippen molar-refractivity contribution in [3.05, 3.63) is 71.8 Å². The molecule has 0 aliphatic carbocycles. The number of carbonyl (C=O) groups excluding carboxylic acids is 1. The predicted octanol–water partition coefficient (Wildman–Crippen LogP) is 3.62. The molecule has 1 amide bonds. The average Bonchev–Trinajstić information content (AvgIpc) is 2.69. The van der Waals surface area contributed by atoms with Crippen molar-refractivity contribution in [1.82, 2.24) is 9.80 Å². The van der Waals surface area contributed by atoms with Gasteiger partial charge in [-0.3, -0.25) is 9.69 Å². The third-order valence-corrected chi connectivity index (χ3v) is 4.81. The zero-order valence-electron chi connectivity index (χ0n) is 16.2. The molecule has 0 N–H and O–H groups in total. The molecule has 1 fully saturated rings. The largest absolute Gasteiger partial charge is 0.481 e. The van der Waals surface area contributed by atoms with Crippen LogP contribution in [0, 0.1) is 6.92 Å². The van der Waals surface area contributed by atoms with Crippen LogP contribution >= 0.6 is 0 Å². The van der Waals surface area contributed by atoms with E-state index in [9.17, 15) is 4.79 Å². The number of benzene rings is 2. The van der Waals surface area contributed by atoms with Crippen molar-refractivity contribution in [2.45, 2.75) is 20.0 Å². The van der Waals surface area contributed by atoms with Crippen molar-refractivity contribution in [3.8, 4) is 5.75 Å². The van der Waals surface area contributed by atoms with Crippen molar-refractivity contribution >= 4 is 12.0 Å². The fourth-order valence-corrected chi connectivity index (χ4v) is 3.25. The number of rotatable bonds is 6. The van der Waals surface area contributed by atoms with E-state index in [0.717, 1.165) is 44.0 Å². The molecule has 1 saturated heterocycles. The summed E-state index contributed by atoms with van der Waals surface area (Å²) in [5, 5.41) is 0. The lowest BCUT2D eigenvalue weighted by atomic mass is 10.2. The number of aryl methyl sites for hydroxylation is 1. The molecule has 1 heterocycles. The number of hydrogen-bond acceptors (Lipinski definition) is 3. The van der Waals surface area contributed by atoms with Gasteiger partial charge in [-0.15, -0.1) is 0 Å². The standard InChI is InChI=1S/C23H28N2O2/c1-19-8-6-12-22(18-19)27-20(2)23(26)25-16-14-24(15-17-25)13-7-11-21-9-4-3-5-10-21/h3-12,18,20H,13-17H2,1-2H3/b11-7+. The number of hydrogen-bond donors (Lipinski definition) is 0. The topological polar surface area (TPSA) is 32.8 Å². The second kappa shape index (κ2) is 9.38. The number of ether oxygens (including phenoxy) is 1. The van der Waals surface area contributed by atoms with Crippen LogP contribution in [0.15, 0.2) is 60.7 Å². The summed E-state index contributed by atoms with van der Waals surface area (Å²) < 4.78 is 5.83. The molecule has 3 rings (SSSR count). The van der Waals surface area contributed by atoms with Gasteiger partial charge in [0.15, 0.2) is 6.10 Å². The molecule has 1 aliphatic rings. The van der Waals surface area contributed by atoms with Crippen LogP contribution in [0.1, 0.15) is 18.1 Å². The monoisotopic (exact) mass is 364 g/mol. The SMILES string of the molecule is Cc1cccc(OC(C)C(=O)N2CCN(C/C=C/c3ccccc3)CC2)c1. The lowest BCUT2D eigenvalue weighted by molar-refractivity contribution is -0.139. The van der Waals surface area contributed by atoms with E-state index in [4.69, 9.17) is 4.74 Å². The van der Waals surface area contributed by atoms with Crippen LogP contribution < -0.4 is 4.74 Å². The normalized spacial score (nSPS) is 16.4. The first kappa shape index (κ1) is 19.2. The lowest BCUT2D eigenvalue weighted by Crippen LogP contribution is -2.51. The van der Waals surface area contributed by atoms with E-state index in [0.29, 0.717) is 0 Å². The molecule has 1 atom stereocenters. The zero-order chi connectivity index (χ0) is 19.1. The Kier molecular flexibility index (Phi) is 6.66. The van der Waals surface area contributed by atoms with Crippen molar-refractivity contribution in [2.75, 3.05) is 32.7 Å². The van der Waals surface area contributed by atoms with Crippen LogP contribution in [-0.2, 0) is 4.79 Å². The molecule has 1 aliphatic heterocycles. The molecule has 0 saturated carbocycles.